The lowest BCUT2D eigenvalue weighted by molar-refractivity contribution is -0.158. The number of thioether (sulfide) groups is 1. The average molecular weight is 393 g/mol. The fraction of sp³-hybridized carbons (Fsp3) is 0.368. The predicted molar refractivity (Wildman–Crippen MR) is 103 cm³/mol. The molecule has 5 nitrogen and oxygen atoms in total. The topological polar surface area (TPSA) is 69.2 Å². The van der Waals surface area contributed by atoms with E-state index in [1.807, 2.05) is 12.3 Å². The van der Waals surface area contributed by atoms with Crippen molar-refractivity contribution in [1.82, 2.24) is 9.97 Å². The Hall–Kier alpha value is -1.92. The fourth-order valence-electron chi connectivity index (χ4n) is 2.29. The van der Waals surface area contributed by atoms with Gasteiger partial charge in [-0.05, 0) is 51.1 Å². The maximum atomic E-state index is 13.0. The molecule has 2 rings (SSSR count). The molecule has 7 heteroatoms. The Morgan fingerprint density at radius 3 is 2.54 bits per heavy atom. The molecule has 138 valence electrons. The van der Waals surface area contributed by atoms with Crippen LogP contribution in [-0.2, 0) is 16.0 Å². The highest BCUT2D eigenvalue weighted by molar-refractivity contribution is 7.98. The lowest BCUT2D eigenvalue weighted by Gasteiger charge is -2.23. The van der Waals surface area contributed by atoms with Gasteiger partial charge in [-0.15, -0.1) is 0 Å². The van der Waals surface area contributed by atoms with Gasteiger partial charge in [-0.2, -0.15) is 0 Å². The van der Waals surface area contributed by atoms with Gasteiger partial charge in [0.2, 0.25) is 0 Å². The molecule has 0 saturated carbocycles. The minimum atomic E-state index is -1.03. The Balaban J connectivity index is 2.37. The summed E-state index contributed by atoms with van der Waals surface area (Å²) in [6, 6.07) is 8.63. The van der Waals surface area contributed by atoms with Crippen LogP contribution in [0, 0.1) is 5.92 Å². The van der Waals surface area contributed by atoms with E-state index in [0.717, 1.165) is 0 Å². The largest absolute Gasteiger partial charge is 0.459 e. The third kappa shape index (κ3) is 5.54. The van der Waals surface area contributed by atoms with Gasteiger partial charge in [-0.1, -0.05) is 41.6 Å². The summed E-state index contributed by atoms with van der Waals surface area (Å²) >= 11 is 7.54. The third-order valence-corrected chi connectivity index (χ3v) is 4.39. The highest BCUT2D eigenvalue weighted by Gasteiger charge is 2.33. The van der Waals surface area contributed by atoms with Crippen molar-refractivity contribution >= 4 is 35.1 Å². The summed E-state index contributed by atoms with van der Waals surface area (Å²) in [4.78, 5) is 34.0. The van der Waals surface area contributed by atoms with Crippen LogP contribution in [0.1, 0.15) is 36.8 Å². The molecule has 0 fully saturated rings. The van der Waals surface area contributed by atoms with Gasteiger partial charge in [0.15, 0.2) is 10.9 Å². The number of hydrogen-bond acceptors (Lipinski definition) is 6. The first-order chi connectivity index (χ1) is 12.2. The van der Waals surface area contributed by atoms with Gasteiger partial charge in [0.1, 0.15) is 17.2 Å². The summed E-state index contributed by atoms with van der Waals surface area (Å²) < 4.78 is 5.46. The van der Waals surface area contributed by atoms with E-state index in [1.54, 1.807) is 39.0 Å². The van der Waals surface area contributed by atoms with Crippen LogP contribution in [0.15, 0.2) is 41.7 Å². The number of nitrogens with zero attached hydrogens (tertiary/aromatic N) is 2. The molecular weight excluding hydrogens is 372 g/mol. The van der Waals surface area contributed by atoms with E-state index in [1.165, 1.54) is 24.0 Å². The van der Waals surface area contributed by atoms with Crippen LogP contribution in [0.4, 0.5) is 0 Å². The van der Waals surface area contributed by atoms with Gasteiger partial charge >= 0.3 is 5.97 Å². The summed E-state index contributed by atoms with van der Waals surface area (Å²) in [5, 5.41) is 0.970. The van der Waals surface area contributed by atoms with Crippen LogP contribution in [0.2, 0.25) is 5.02 Å². The predicted octanol–water partition coefficient (Wildman–Crippen LogP) is 4.24. The van der Waals surface area contributed by atoms with Gasteiger partial charge in [-0.25, -0.2) is 9.97 Å². The van der Waals surface area contributed by atoms with Gasteiger partial charge in [0.05, 0.1) is 0 Å². The second-order valence-corrected chi connectivity index (χ2v) is 7.86. The molecule has 0 aliphatic heterocycles. The molecule has 0 saturated heterocycles. The van der Waals surface area contributed by atoms with Gasteiger partial charge in [0.25, 0.3) is 0 Å². The first-order valence-corrected chi connectivity index (χ1v) is 9.69. The van der Waals surface area contributed by atoms with E-state index < -0.39 is 23.3 Å². The molecule has 2 aromatic rings. The number of rotatable bonds is 6. The Bertz CT molecular complexity index is 805. The number of carbonyl (C=O) groups is 2. The fourth-order valence-corrected chi connectivity index (χ4v) is 2.86. The molecule has 0 radical (unpaired) electrons. The maximum Gasteiger partial charge on any atom is 0.317 e. The van der Waals surface area contributed by atoms with Crippen molar-refractivity contribution in [2.75, 3.05) is 6.26 Å². The monoisotopic (exact) mass is 392 g/mol. The van der Waals surface area contributed by atoms with E-state index in [9.17, 15) is 9.59 Å². The Labute approximate surface area is 162 Å². The number of Topliss-reactive ketones (excluding diaryl/α,β-unsaturated/α-hetero) is 1. The smallest absolute Gasteiger partial charge is 0.317 e. The number of hydrogen-bond donors (Lipinski definition) is 0. The van der Waals surface area contributed by atoms with Crippen molar-refractivity contribution in [2.24, 2.45) is 5.92 Å². The summed E-state index contributed by atoms with van der Waals surface area (Å²) in [7, 11) is 0. The summed E-state index contributed by atoms with van der Waals surface area (Å²) in [6.07, 6.45) is 3.47. The van der Waals surface area contributed by atoms with Crippen molar-refractivity contribution < 1.29 is 14.3 Å². The molecule has 0 amide bonds. The van der Waals surface area contributed by atoms with Crippen LogP contribution in [0.3, 0.4) is 0 Å². The summed E-state index contributed by atoms with van der Waals surface area (Å²) in [5.41, 5.74) is 0.191. The molecule has 1 unspecified atom stereocenters. The second kappa shape index (κ2) is 8.64. The quantitative estimate of drug-likeness (QED) is 0.241. The van der Waals surface area contributed by atoms with Crippen LogP contribution in [0.25, 0.3) is 0 Å². The van der Waals surface area contributed by atoms with E-state index in [2.05, 4.69) is 9.97 Å². The summed E-state index contributed by atoms with van der Waals surface area (Å²) in [5.74, 6) is -2.03. The van der Waals surface area contributed by atoms with Crippen LogP contribution in [-0.4, -0.2) is 33.6 Å². The van der Waals surface area contributed by atoms with Crippen molar-refractivity contribution in [3.63, 3.8) is 0 Å². The minimum Gasteiger partial charge on any atom is -0.459 e. The number of ketones is 1. The van der Waals surface area contributed by atoms with Crippen LogP contribution in [0.5, 0.6) is 0 Å². The first kappa shape index (κ1) is 20.4. The molecule has 1 atom stereocenters. The van der Waals surface area contributed by atoms with Gasteiger partial charge in [0, 0.05) is 11.2 Å². The van der Waals surface area contributed by atoms with E-state index in [4.69, 9.17) is 16.3 Å². The average Bonchev–Trinajstić information content (AvgIpc) is 2.59. The second-order valence-electron chi connectivity index (χ2n) is 6.67. The molecule has 1 aromatic heterocycles. The van der Waals surface area contributed by atoms with E-state index >= 15 is 0 Å². The summed E-state index contributed by atoms with van der Waals surface area (Å²) in [6.45, 7) is 5.29. The zero-order chi connectivity index (χ0) is 19.3. The number of halogens is 1. The van der Waals surface area contributed by atoms with Crippen molar-refractivity contribution in [3.05, 3.63) is 52.8 Å². The van der Waals surface area contributed by atoms with Crippen molar-refractivity contribution in [3.8, 4) is 0 Å². The van der Waals surface area contributed by atoms with Crippen molar-refractivity contribution in [1.29, 1.82) is 0 Å². The molecule has 1 heterocycles. The zero-order valence-corrected chi connectivity index (χ0v) is 16.7. The van der Waals surface area contributed by atoms with E-state index in [-0.39, 0.29) is 12.1 Å². The third-order valence-electron chi connectivity index (χ3n) is 3.46. The minimum absolute atomic E-state index is 0.145. The lowest BCUT2D eigenvalue weighted by atomic mass is 9.93. The molecule has 0 aliphatic rings. The Morgan fingerprint density at radius 1 is 1.23 bits per heavy atom. The van der Waals surface area contributed by atoms with Crippen LogP contribution >= 0.6 is 23.4 Å². The van der Waals surface area contributed by atoms with Crippen LogP contribution < -0.4 is 0 Å². The Kier molecular flexibility index (Phi) is 6.78. The SMILES string of the molecule is CSc1nccc(C(=O)C(Cc2ccccc2Cl)C(=O)OC(C)(C)C)n1. The molecule has 1 aromatic carbocycles. The molecule has 26 heavy (non-hydrogen) atoms. The number of aromatic nitrogens is 2. The standard InChI is InChI=1S/C19H21ClN2O3S/c1-19(2,3)25-17(24)13(11-12-7-5-6-8-14(12)20)16(23)15-9-10-21-18(22-15)26-4/h5-10,13H,11H2,1-4H3. The highest BCUT2D eigenvalue weighted by Crippen LogP contribution is 2.24. The maximum absolute atomic E-state index is 13.0. The molecule has 0 aliphatic carbocycles. The number of ether oxygens (including phenoxy) is 1. The Morgan fingerprint density at radius 2 is 1.92 bits per heavy atom. The highest BCUT2D eigenvalue weighted by atomic mass is 35.5. The number of carbonyl (C=O) groups excluding carboxylic acids is 2. The van der Waals surface area contributed by atoms with Gasteiger partial charge in [-0.3, -0.25) is 9.59 Å². The van der Waals surface area contributed by atoms with Crippen molar-refractivity contribution in [2.45, 2.75) is 37.9 Å². The molecule has 0 bridgehead atoms. The van der Waals surface area contributed by atoms with Gasteiger partial charge < -0.3 is 4.74 Å². The number of esters is 1. The van der Waals surface area contributed by atoms with E-state index in [0.29, 0.717) is 15.7 Å². The normalized spacial score (nSPS) is 12.5. The number of benzene rings is 1. The zero-order valence-electron chi connectivity index (χ0n) is 15.2. The molecule has 0 N–H and O–H groups in total. The molecule has 0 spiro atoms. The lowest BCUT2D eigenvalue weighted by Crippen LogP contribution is -2.34. The molecular formula is C19H21ClN2O3S. The first-order valence-electron chi connectivity index (χ1n) is 8.09.